The van der Waals surface area contributed by atoms with Gasteiger partial charge in [0.2, 0.25) is 0 Å². The number of amides is 2. The first-order valence-electron chi connectivity index (χ1n) is 9.13. The number of benzene rings is 2. The summed E-state index contributed by atoms with van der Waals surface area (Å²) in [6, 6.07) is 12.3. The molecular weight excluding hydrogens is 428 g/mol. The quantitative estimate of drug-likeness (QED) is 0.280. The van der Waals surface area contributed by atoms with E-state index >= 15 is 0 Å². The third-order valence-electron chi connectivity index (χ3n) is 3.96. The van der Waals surface area contributed by atoms with Crippen LogP contribution >= 0.6 is 23.8 Å². The molecule has 0 aromatic heterocycles. The van der Waals surface area contributed by atoms with E-state index in [1.54, 1.807) is 30.3 Å². The lowest BCUT2D eigenvalue weighted by Gasteiger charge is -2.17. The van der Waals surface area contributed by atoms with Crippen LogP contribution in [0.1, 0.15) is 12.5 Å². The molecule has 1 heterocycles. The predicted molar refractivity (Wildman–Crippen MR) is 117 cm³/mol. The Morgan fingerprint density at radius 2 is 1.60 bits per heavy atom. The highest BCUT2D eigenvalue weighted by molar-refractivity contribution is 7.80. The zero-order chi connectivity index (χ0) is 21.5. The molecule has 1 fully saturated rings. The smallest absolute Gasteiger partial charge is 0.263 e. The van der Waals surface area contributed by atoms with Gasteiger partial charge in [-0.1, -0.05) is 29.8 Å². The van der Waals surface area contributed by atoms with Crippen LogP contribution in [0.4, 0.5) is 0 Å². The lowest BCUT2D eigenvalue weighted by molar-refractivity contribution is -0.123. The summed E-state index contributed by atoms with van der Waals surface area (Å²) in [6.45, 7) is 2.83. The Morgan fingerprint density at radius 3 is 2.27 bits per heavy atom. The zero-order valence-electron chi connectivity index (χ0n) is 16.1. The molecule has 0 radical (unpaired) electrons. The molecular formula is C21H19ClN2O5S. The standard InChI is InChI=1S/C21H19ClN2O5S/c1-2-27-18-12-13(11-14-19(25)23-21(30)24-20(14)26)7-8-17(18)29-10-9-28-16-6-4-3-5-15(16)22/h3-8,11-12H,2,9-10H2,1H3,(H2,23,24,25,26,30). The molecule has 0 aliphatic carbocycles. The van der Waals surface area contributed by atoms with Gasteiger partial charge in [0.1, 0.15) is 24.5 Å². The van der Waals surface area contributed by atoms with Gasteiger partial charge < -0.3 is 14.2 Å². The molecule has 1 aliphatic rings. The lowest BCUT2D eigenvalue weighted by Crippen LogP contribution is -2.51. The van der Waals surface area contributed by atoms with Crippen LogP contribution in [0, 0.1) is 0 Å². The number of carbonyl (C=O) groups excluding carboxylic acids is 2. The number of halogens is 1. The molecule has 9 heteroatoms. The van der Waals surface area contributed by atoms with Gasteiger partial charge in [0.15, 0.2) is 16.6 Å². The fourth-order valence-electron chi connectivity index (χ4n) is 2.64. The first-order chi connectivity index (χ1) is 14.5. The van der Waals surface area contributed by atoms with Crippen LogP contribution in [0.2, 0.25) is 5.02 Å². The third kappa shape index (κ3) is 5.49. The number of carbonyl (C=O) groups is 2. The lowest BCUT2D eigenvalue weighted by atomic mass is 10.1. The molecule has 0 unspecified atom stereocenters. The van der Waals surface area contributed by atoms with Crippen molar-refractivity contribution >= 4 is 46.8 Å². The van der Waals surface area contributed by atoms with E-state index in [0.717, 1.165) is 0 Å². The second kappa shape index (κ2) is 10.1. The minimum atomic E-state index is -0.557. The largest absolute Gasteiger partial charge is 0.490 e. The van der Waals surface area contributed by atoms with Crippen molar-refractivity contribution in [3.63, 3.8) is 0 Å². The van der Waals surface area contributed by atoms with E-state index in [9.17, 15) is 9.59 Å². The van der Waals surface area contributed by atoms with Crippen LogP contribution in [0.15, 0.2) is 48.0 Å². The van der Waals surface area contributed by atoms with Gasteiger partial charge in [-0.05, 0) is 55.0 Å². The second-order valence-corrected chi connectivity index (χ2v) is 6.88. The minimum absolute atomic E-state index is 0.0140. The van der Waals surface area contributed by atoms with E-state index < -0.39 is 11.8 Å². The van der Waals surface area contributed by atoms with Crippen molar-refractivity contribution in [1.29, 1.82) is 0 Å². The van der Waals surface area contributed by atoms with E-state index in [1.807, 2.05) is 19.1 Å². The third-order valence-corrected chi connectivity index (χ3v) is 4.47. The van der Waals surface area contributed by atoms with Gasteiger partial charge in [0.05, 0.1) is 11.6 Å². The van der Waals surface area contributed by atoms with Crippen LogP contribution < -0.4 is 24.8 Å². The van der Waals surface area contributed by atoms with Crippen molar-refractivity contribution in [2.24, 2.45) is 0 Å². The summed E-state index contributed by atoms with van der Waals surface area (Å²) in [5.74, 6) is 0.466. The van der Waals surface area contributed by atoms with Gasteiger partial charge in [0.25, 0.3) is 11.8 Å². The van der Waals surface area contributed by atoms with Crippen LogP contribution in [0.25, 0.3) is 6.08 Å². The van der Waals surface area contributed by atoms with Crippen molar-refractivity contribution < 1.29 is 23.8 Å². The molecule has 1 saturated heterocycles. The van der Waals surface area contributed by atoms with E-state index in [4.69, 9.17) is 38.0 Å². The highest BCUT2D eigenvalue weighted by atomic mass is 35.5. The average Bonchev–Trinajstić information content (AvgIpc) is 2.70. The molecule has 0 spiro atoms. The number of hydrogen-bond donors (Lipinski definition) is 2. The van der Waals surface area contributed by atoms with Crippen molar-refractivity contribution in [3.8, 4) is 17.2 Å². The Hall–Kier alpha value is -3.10. The summed E-state index contributed by atoms with van der Waals surface area (Å²) in [6.07, 6.45) is 1.46. The SMILES string of the molecule is CCOc1cc(C=C2C(=O)NC(=S)NC2=O)ccc1OCCOc1ccccc1Cl. The van der Waals surface area contributed by atoms with Gasteiger partial charge >= 0.3 is 0 Å². The minimum Gasteiger partial charge on any atom is -0.490 e. The molecule has 3 rings (SSSR count). The Kier molecular flexibility index (Phi) is 7.26. The number of hydrogen-bond acceptors (Lipinski definition) is 6. The van der Waals surface area contributed by atoms with Crippen LogP contribution in [-0.2, 0) is 9.59 Å². The maximum atomic E-state index is 12.0. The molecule has 1 aliphatic heterocycles. The topological polar surface area (TPSA) is 85.9 Å². The molecule has 0 atom stereocenters. The maximum Gasteiger partial charge on any atom is 0.263 e. The van der Waals surface area contributed by atoms with E-state index in [-0.39, 0.29) is 17.3 Å². The highest BCUT2D eigenvalue weighted by Gasteiger charge is 2.25. The van der Waals surface area contributed by atoms with Crippen molar-refractivity contribution in [2.75, 3.05) is 19.8 Å². The fourth-order valence-corrected chi connectivity index (χ4v) is 3.02. The van der Waals surface area contributed by atoms with Gasteiger partial charge in [-0.25, -0.2) is 0 Å². The Balaban J connectivity index is 1.68. The van der Waals surface area contributed by atoms with Gasteiger partial charge in [0, 0.05) is 0 Å². The Labute approximate surface area is 184 Å². The van der Waals surface area contributed by atoms with Crippen molar-refractivity contribution in [2.45, 2.75) is 6.92 Å². The summed E-state index contributed by atoms with van der Waals surface area (Å²) >= 11 is 10.9. The fraction of sp³-hybridized carbons (Fsp3) is 0.190. The van der Waals surface area contributed by atoms with Gasteiger partial charge in [-0.3, -0.25) is 20.2 Å². The van der Waals surface area contributed by atoms with E-state index in [1.165, 1.54) is 6.08 Å². The molecule has 2 aromatic rings. The second-order valence-electron chi connectivity index (χ2n) is 6.06. The number of nitrogens with one attached hydrogen (secondary N) is 2. The molecule has 156 valence electrons. The number of para-hydroxylation sites is 1. The van der Waals surface area contributed by atoms with E-state index in [0.29, 0.717) is 41.0 Å². The average molecular weight is 447 g/mol. The van der Waals surface area contributed by atoms with Crippen molar-refractivity contribution in [1.82, 2.24) is 10.6 Å². The number of ether oxygens (including phenoxy) is 3. The van der Waals surface area contributed by atoms with Crippen LogP contribution in [0.3, 0.4) is 0 Å². The van der Waals surface area contributed by atoms with Crippen LogP contribution in [0.5, 0.6) is 17.2 Å². The first kappa shape index (κ1) is 21.6. The molecule has 2 aromatic carbocycles. The predicted octanol–water partition coefficient (Wildman–Crippen LogP) is 3.11. The first-order valence-corrected chi connectivity index (χ1v) is 9.92. The normalized spacial score (nSPS) is 13.4. The highest BCUT2D eigenvalue weighted by Crippen LogP contribution is 2.30. The Bertz CT molecular complexity index is 987. The summed E-state index contributed by atoms with van der Waals surface area (Å²) in [5, 5.41) is 5.31. The molecule has 0 bridgehead atoms. The summed E-state index contributed by atoms with van der Waals surface area (Å²) < 4.78 is 17.0. The van der Waals surface area contributed by atoms with Gasteiger partial charge in [-0.15, -0.1) is 0 Å². The molecule has 2 amide bonds. The summed E-state index contributed by atoms with van der Waals surface area (Å²) in [7, 11) is 0. The molecule has 2 N–H and O–H groups in total. The summed E-state index contributed by atoms with van der Waals surface area (Å²) in [5.41, 5.74) is 0.555. The molecule has 30 heavy (non-hydrogen) atoms. The number of thiocarbonyl (C=S) groups is 1. The summed E-state index contributed by atoms with van der Waals surface area (Å²) in [4.78, 5) is 24.0. The molecule has 0 saturated carbocycles. The monoisotopic (exact) mass is 446 g/mol. The Morgan fingerprint density at radius 1 is 0.933 bits per heavy atom. The number of rotatable bonds is 8. The van der Waals surface area contributed by atoms with E-state index in [2.05, 4.69) is 10.6 Å². The van der Waals surface area contributed by atoms with Gasteiger partial charge in [-0.2, -0.15) is 0 Å². The maximum absolute atomic E-state index is 12.0. The zero-order valence-corrected chi connectivity index (χ0v) is 17.6. The molecule has 7 nitrogen and oxygen atoms in total. The van der Waals surface area contributed by atoms with Crippen molar-refractivity contribution in [3.05, 3.63) is 58.6 Å². The van der Waals surface area contributed by atoms with Crippen LogP contribution in [-0.4, -0.2) is 36.7 Å².